The Kier molecular flexibility index (Phi) is 3.12. The first kappa shape index (κ1) is 13.5. The second-order valence-corrected chi connectivity index (χ2v) is 4.41. The lowest BCUT2D eigenvalue weighted by atomic mass is 10.1. The van der Waals surface area contributed by atoms with Crippen LogP contribution in [-0.4, -0.2) is 16.1 Å². The molecule has 0 N–H and O–H groups in total. The van der Waals surface area contributed by atoms with Crippen molar-refractivity contribution in [2.75, 3.05) is 0 Å². The second-order valence-electron chi connectivity index (χ2n) is 4.41. The zero-order valence-electron chi connectivity index (χ0n) is 10.4. The molecule has 2 aromatic rings. The molecule has 1 atom stereocenters. The highest BCUT2D eigenvalue weighted by Crippen LogP contribution is 2.33. The van der Waals surface area contributed by atoms with Gasteiger partial charge in [0.25, 0.3) is 0 Å². The van der Waals surface area contributed by atoms with Gasteiger partial charge >= 0.3 is 6.18 Å². The number of oxazole rings is 1. The maximum Gasteiger partial charge on any atom is 0.398 e. The molecule has 0 spiro atoms. The fraction of sp³-hybridized carbons (Fsp3) is 0.143. The number of allylic oxidation sites excluding steroid dienone is 2. The van der Waals surface area contributed by atoms with Crippen LogP contribution in [0.5, 0.6) is 0 Å². The van der Waals surface area contributed by atoms with Crippen LogP contribution in [0.1, 0.15) is 11.5 Å². The van der Waals surface area contributed by atoms with Crippen LogP contribution in [0.2, 0.25) is 0 Å². The van der Waals surface area contributed by atoms with Gasteiger partial charge in [0.1, 0.15) is 5.69 Å². The van der Waals surface area contributed by atoms with Crippen molar-refractivity contribution in [3.63, 3.8) is 0 Å². The summed E-state index contributed by atoms with van der Waals surface area (Å²) in [4.78, 5) is 7.63. The molecule has 0 aromatic carbocycles. The van der Waals surface area contributed by atoms with Crippen molar-refractivity contribution in [3.8, 4) is 11.5 Å². The van der Waals surface area contributed by atoms with Crippen LogP contribution in [-0.2, 0) is 0 Å². The van der Waals surface area contributed by atoms with Gasteiger partial charge in [0.2, 0.25) is 5.89 Å². The topological polar surface area (TPSA) is 38.9 Å². The molecule has 0 bridgehead atoms. The van der Waals surface area contributed by atoms with E-state index in [0.29, 0.717) is 0 Å². The van der Waals surface area contributed by atoms with Crippen molar-refractivity contribution >= 4 is 12.2 Å². The maximum absolute atomic E-state index is 13.6. The number of alkyl halides is 3. The summed E-state index contributed by atoms with van der Waals surface area (Å²) in [5, 5.41) is 0. The van der Waals surface area contributed by atoms with E-state index in [1.165, 1.54) is 24.4 Å². The van der Waals surface area contributed by atoms with E-state index in [4.69, 9.17) is 4.42 Å². The van der Waals surface area contributed by atoms with Crippen molar-refractivity contribution in [2.45, 2.75) is 6.18 Å². The first-order valence-electron chi connectivity index (χ1n) is 5.99. The Morgan fingerprint density at radius 3 is 2.62 bits per heavy atom. The molecule has 0 fully saturated rings. The normalized spacial score (nSPS) is 17.6. The molecule has 3 nitrogen and oxygen atoms in total. The second kappa shape index (κ2) is 4.83. The van der Waals surface area contributed by atoms with Gasteiger partial charge in [-0.3, -0.25) is 4.98 Å². The third-order valence-corrected chi connectivity index (χ3v) is 2.98. The summed E-state index contributed by atoms with van der Waals surface area (Å²) in [6, 6.07) is 1.38. The molecule has 2 heterocycles. The van der Waals surface area contributed by atoms with E-state index in [1.807, 2.05) is 0 Å². The highest BCUT2D eigenvalue weighted by Gasteiger charge is 2.36. The minimum atomic E-state index is -4.36. The fourth-order valence-corrected chi connectivity index (χ4v) is 1.91. The summed E-state index contributed by atoms with van der Waals surface area (Å²) in [5.74, 6) is -2.15. The molecule has 1 aliphatic rings. The molecule has 0 saturated heterocycles. The number of fused-ring (bicyclic) bond motifs is 1. The van der Waals surface area contributed by atoms with Crippen molar-refractivity contribution in [1.29, 1.82) is 0 Å². The Labute approximate surface area is 116 Å². The van der Waals surface area contributed by atoms with E-state index in [9.17, 15) is 17.6 Å². The number of halogens is 4. The average Bonchev–Trinajstić information content (AvgIpc) is 2.70. The average molecular weight is 296 g/mol. The van der Waals surface area contributed by atoms with Crippen LogP contribution < -0.4 is 0 Å². The number of pyridine rings is 1. The Balaban J connectivity index is 1.98. The van der Waals surface area contributed by atoms with Gasteiger partial charge in [0.05, 0.1) is 17.7 Å². The Bertz CT molecular complexity index is 699. The number of nitrogens with zero attached hydrogens (tertiary/aromatic N) is 2. The SMILES string of the molecule is Fc1cnccc1-c1nc2c(o1)C=CC(C(F)(F)F)C=C2. The van der Waals surface area contributed by atoms with Crippen LogP contribution in [0.3, 0.4) is 0 Å². The molecule has 1 unspecified atom stereocenters. The molecule has 0 aliphatic heterocycles. The lowest BCUT2D eigenvalue weighted by Gasteiger charge is -2.11. The standard InChI is InChI=1S/C14H8F4N2O/c15-10-7-19-6-5-9(10)13-20-11-3-1-8(14(16,17)18)2-4-12(11)21-13/h1-8H. The fourth-order valence-electron chi connectivity index (χ4n) is 1.91. The van der Waals surface area contributed by atoms with Crippen LogP contribution >= 0.6 is 0 Å². The summed E-state index contributed by atoms with van der Waals surface area (Å²) in [5.41, 5.74) is 0.330. The Hall–Kier alpha value is -2.44. The lowest BCUT2D eigenvalue weighted by Crippen LogP contribution is -2.18. The summed E-state index contributed by atoms with van der Waals surface area (Å²) in [6.07, 6.45) is 2.40. The van der Waals surface area contributed by atoms with Crippen LogP contribution in [0.15, 0.2) is 35.0 Å². The third-order valence-electron chi connectivity index (χ3n) is 2.98. The number of aromatic nitrogens is 2. The van der Waals surface area contributed by atoms with Crippen molar-refractivity contribution in [1.82, 2.24) is 9.97 Å². The van der Waals surface area contributed by atoms with E-state index in [-0.39, 0.29) is 22.9 Å². The van der Waals surface area contributed by atoms with Gasteiger partial charge in [-0.1, -0.05) is 12.2 Å². The first-order chi connectivity index (χ1) is 9.95. The van der Waals surface area contributed by atoms with Gasteiger partial charge in [-0.2, -0.15) is 13.2 Å². The summed E-state index contributed by atoms with van der Waals surface area (Å²) < 4.78 is 56.8. The Morgan fingerprint density at radius 1 is 1.14 bits per heavy atom. The summed E-state index contributed by atoms with van der Waals surface area (Å²) in [7, 11) is 0. The first-order valence-corrected chi connectivity index (χ1v) is 5.99. The molecule has 7 heteroatoms. The predicted molar refractivity (Wildman–Crippen MR) is 67.3 cm³/mol. The minimum absolute atomic E-state index is 0.000316. The molecule has 1 aliphatic carbocycles. The van der Waals surface area contributed by atoms with Crippen molar-refractivity contribution < 1.29 is 22.0 Å². The van der Waals surface area contributed by atoms with E-state index in [0.717, 1.165) is 18.3 Å². The molecule has 0 saturated carbocycles. The molecule has 21 heavy (non-hydrogen) atoms. The van der Waals surface area contributed by atoms with E-state index in [1.54, 1.807) is 0 Å². The van der Waals surface area contributed by atoms with E-state index < -0.39 is 17.9 Å². The zero-order chi connectivity index (χ0) is 15.0. The highest BCUT2D eigenvalue weighted by atomic mass is 19.4. The molecule has 0 radical (unpaired) electrons. The number of rotatable bonds is 1. The zero-order valence-corrected chi connectivity index (χ0v) is 10.4. The lowest BCUT2D eigenvalue weighted by molar-refractivity contribution is -0.148. The largest absolute Gasteiger partial charge is 0.436 e. The number of hydrogen-bond acceptors (Lipinski definition) is 3. The van der Waals surface area contributed by atoms with Gasteiger partial charge in [-0.05, 0) is 18.2 Å². The van der Waals surface area contributed by atoms with Crippen molar-refractivity contribution in [3.05, 3.63) is 47.9 Å². The maximum atomic E-state index is 13.6. The molecule has 108 valence electrons. The summed E-state index contributed by atoms with van der Waals surface area (Å²) in [6.45, 7) is 0. The third kappa shape index (κ3) is 2.58. The van der Waals surface area contributed by atoms with Crippen LogP contribution in [0.4, 0.5) is 17.6 Å². The van der Waals surface area contributed by atoms with Gasteiger partial charge in [-0.25, -0.2) is 9.37 Å². The van der Waals surface area contributed by atoms with E-state index in [2.05, 4.69) is 9.97 Å². The number of hydrogen-bond donors (Lipinski definition) is 0. The van der Waals surface area contributed by atoms with Gasteiger partial charge in [-0.15, -0.1) is 0 Å². The quantitative estimate of drug-likeness (QED) is 0.744. The van der Waals surface area contributed by atoms with Crippen LogP contribution in [0.25, 0.3) is 23.6 Å². The monoisotopic (exact) mass is 296 g/mol. The van der Waals surface area contributed by atoms with Gasteiger partial charge in [0, 0.05) is 6.20 Å². The van der Waals surface area contributed by atoms with Crippen molar-refractivity contribution in [2.24, 2.45) is 5.92 Å². The van der Waals surface area contributed by atoms with E-state index >= 15 is 0 Å². The molecule has 0 amide bonds. The molecular formula is C14H8F4N2O. The summed E-state index contributed by atoms with van der Waals surface area (Å²) >= 11 is 0. The van der Waals surface area contributed by atoms with Crippen LogP contribution in [0, 0.1) is 11.7 Å². The van der Waals surface area contributed by atoms with Gasteiger partial charge in [0.15, 0.2) is 11.6 Å². The van der Waals surface area contributed by atoms with Gasteiger partial charge < -0.3 is 4.42 Å². The molecule has 2 aromatic heterocycles. The highest BCUT2D eigenvalue weighted by molar-refractivity contribution is 5.65. The minimum Gasteiger partial charge on any atom is -0.436 e. The molecular weight excluding hydrogens is 288 g/mol. The smallest absolute Gasteiger partial charge is 0.398 e. The Morgan fingerprint density at radius 2 is 1.90 bits per heavy atom. The predicted octanol–water partition coefficient (Wildman–Crippen LogP) is 4.09. The molecule has 3 rings (SSSR count).